The zero-order valence-electron chi connectivity index (χ0n) is 14.5. The van der Waals surface area contributed by atoms with Gasteiger partial charge in [-0.15, -0.1) is 0 Å². The number of carbonyl (C=O) groups excluding carboxylic acids is 1. The summed E-state index contributed by atoms with van der Waals surface area (Å²) in [6.07, 6.45) is 4.60. The maximum Gasteiger partial charge on any atom is 0.137 e. The molecule has 3 nitrogen and oxygen atoms in total. The van der Waals surface area contributed by atoms with E-state index in [4.69, 9.17) is 0 Å². The number of phenols is 2. The highest BCUT2D eigenvalue weighted by Gasteiger charge is 2.45. The molecule has 2 aromatic carbocycles. The van der Waals surface area contributed by atoms with E-state index < -0.39 is 0 Å². The Morgan fingerprint density at radius 2 is 1.60 bits per heavy atom. The average molecular weight is 336 g/mol. The molecule has 0 unspecified atom stereocenters. The Labute approximate surface area is 148 Å². The fourth-order valence-electron chi connectivity index (χ4n) is 5.19. The monoisotopic (exact) mass is 336 g/mol. The molecule has 0 saturated heterocycles. The maximum atomic E-state index is 12.7. The van der Waals surface area contributed by atoms with E-state index in [1.54, 1.807) is 25.1 Å². The van der Waals surface area contributed by atoms with Gasteiger partial charge in [0.1, 0.15) is 17.3 Å². The van der Waals surface area contributed by atoms with Crippen LogP contribution >= 0.6 is 0 Å². The normalized spacial score (nSPS) is 28.0. The van der Waals surface area contributed by atoms with Crippen LogP contribution in [0.2, 0.25) is 0 Å². The first-order chi connectivity index (χ1) is 12.1. The van der Waals surface area contributed by atoms with Crippen LogP contribution in [-0.4, -0.2) is 16.0 Å². The van der Waals surface area contributed by atoms with Crippen LogP contribution in [0, 0.1) is 5.92 Å². The number of Topliss-reactive ketones (excluding diaryl/α,β-unsaturated/α-hetero) is 1. The van der Waals surface area contributed by atoms with Gasteiger partial charge in [-0.2, -0.15) is 0 Å². The summed E-state index contributed by atoms with van der Waals surface area (Å²) in [7, 11) is 0. The van der Waals surface area contributed by atoms with Crippen LogP contribution in [0.5, 0.6) is 11.5 Å². The van der Waals surface area contributed by atoms with Gasteiger partial charge in [0, 0.05) is 11.8 Å². The van der Waals surface area contributed by atoms with Crippen LogP contribution < -0.4 is 0 Å². The number of phenolic OH excluding ortho intramolecular Hbond substituents is 2. The van der Waals surface area contributed by atoms with Gasteiger partial charge in [0.05, 0.1) is 0 Å². The zero-order chi connectivity index (χ0) is 17.6. The van der Waals surface area contributed by atoms with Crippen molar-refractivity contribution in [3.05, 3.63) is 59.2 Å². The van der Waals surface area contributed by atoms with Crippen LogP contribution in [0.25, 0.3) is 0 Å². The van der Waals surface area contributed by atoms with Gasteiger partial charge in [0.25, 0.3) is 0 Å². The van der Waals surface area contributed by atoms with Gasteiger partial charge in [0.2, 0.25) is 0 Å². The first-order valence-electron chi connectivity index (χ1n) is 9.18. The second kappa shape index (κ2) is 6.21. The third-order valence-electron chi connectivity index (χ3n) is 6.16. The molecule has 1 saturated carbocycles. The Kier molecular flexibility index (Phi) is 4.03. The van der Waals surface area contributed by atoms with Gasteiger partial charge < -0.3 is 10.2 Å². The molecule has 0 heterocycles. The Morgan fingerprint density at radius 3 is 2.32 bits per heavy atom. The lowest BCUT2D eigenvalue weighted by Gasteiger charge is -2.46. The number of fused-ring (bicyclic) bond motifs is 3. The minimum Gasteiger partial charge on any atom is -0.508 e. The van der Waals surface area contributed by atoms with Crippen molar-refractivity contribution in [3.63, 3.8) is 0 Å². The molecule has 0 aromatic heterocycles. The number of carbonyl (C=O) groups is 1. The molecule has 1 fully saturated rings. The molecular formula is C22H24O3. The smallest absolute Gasteiger partial charge is 0.137 e. The number of ketones is 1. The van der Waals surface area contributed by atoms with Gasteiger partial charge in [-0.25, -0.2) is 0 Å². The summed E-state index contributed by atoms with van der Waals surface area (Å²) in [5.74, 6) is 1.47. The predicted octanol–water partition coefficient (Wildman–Crippen LogP) is 4.84. The van der Waals surface area contributed by atoms with Gasteiger partial charge >= 0.3 is 0 Å². The Bertz CT molecular complexity index is 793. The van der Waals surface area contributed by atoms with E-state index in [2.05, 4.69) is 0 Å². The number of benzene rings is 2. The van der Waals surface area contributed by atoms with E-state index in [0.717, 1.165) is 24.0 Å². The summed E-state index contributed by atoms with van der Waals surface area (Å²) in [6, 6.07) is 12.9. The highest BCUT2D eigenvalue weighted by atomic mass is 16.3. The zero-order valence-corrected chi connectivity index (χ0v) is 14.5. The molecule has 0 amide bonds. The van der Waals surface area contributed by atoms with Gasteiger partial charge in [0.15, 0.2) is 0 Å². The molecule has 3 heteroatoms. The molecule has 0 radical (unpaired) electrons. The lowest BCUT2D eigenvalue weighted by atomic mass is 9.57. The molecule has 2 aliphatic carbocycles. The second-order valence-corrected chi connectivity index (χ2v) is 7.57. The number of aromatic hydroxyl groups is 2. The quantitative estimate of drug-likeness (QED) is 0.825. The first-order valence-corrected chi connectivity index (χ1v) is 9.18. The third kappa shape index (κ3) is 2.72. The fourth-order valence-corrected chi connectivity index (χ4v) is 5.19. The van der Waals surface area contributed by atoms with Gasteiger partial charge in [-0.05, 0) is 72.6 Å². The van der Waals surface area contributed by atoms with Crippen molar-refractivity contribution < 1.29 is 15.0 Å². The highest BCUT2D eigenvalue weighted by Crippen LogP contribution is 2.57. The molecule has 4 rings (SSSR count). The minimum absolute atomic E-state index is 0.139. The number of hydrogen-bond donors (Lipinski definition) is 2. The summed E-state index contributed by atoms with van der Waals surface area (Å²) >= 11 is 0. The largest absolute Gasteiger partial charge is 0.508 e. The molecule has 0 bridgehead atoms. The van der Waals surface area contributed by atoms with Crippen molar-refractivity contribution in [2.45, 2.75) is 50.4 Å². The van der Waals surface area contributed by atoms with Crippen molar-refractivity contribution in [3.8, 4) is 11.5 Å². The van der Waals surface area contributed by atoms with Crippen molar-refractivity contribution in [2.24, 2.45) is 5.92 Å². The summed E-state index contributed by atoms with van der Waals surface area (Å²) in [5, 5.41) is 19.7. The summed E-state index contributed by atoms with van der Waals surface area (Å²) in [5.41, 5.74) is 3.38. The van der Waals surface area contributed by atoms with E-state index in [-0.39, 0.29) is 29.1 Å². The second-order valence-electron chi connectivity index (χ2n) is 7.57. The minimum atomic E-state index is -0.181. The Hall–Kier alpha value is -2.29. The molecule has 2 aliphatic rings. The van der Waals surface area contributed by atoms with Crippen molar-refractivity contribution in [2.75, 3.05) is 0 Å². The summed E-state index contributed by atoms with van der Waals surface area (Å²) in [6.45, 7) is 1.68. The van der Waals surface area contributed by atoms with Crippen LogP contribution in [-0.2, 0) is 4.79 Å². The Balaban J connectivity index is 1.90. The van der Waals surface area contributed by atoms with E-state index in [0.29, 0.717) is 11.8 Å². The number of rotatable bonds is 2. The van der Waals surface area contributed by atoms with E-state index in [9.17, 15) is 15.0 Å². The Morgan fingerprint density at radius 1 is 0.920 bits per heavy atom. The molecule has 25 heavy (non-hydrogen) atoms. The molecular weight excluding hydrogens is 312 g/mol. The first kappa shape index (κ1) is 16.2. The van der Waals surface area contributed by atoms with Crippen molar-refractivity contribution >= 4 is 5.78 Å². The van der Waals surface area contributed by atoms with Crippen LogP contribution in [0.3, 0.4) is 0 Å². The van der Waals surface area contributed by atoms with Gasteiger partial charge in [-0.1, -0.05) is 31.0 Å². The number of hydrogen-bond acceptors (Lipinski definition) is 3. The summed E-state index contributed by atoms with van der Waals surface area (Å²) in [4.78, 5) is 12.7. The average Bonchev–Trinajstić information content (AvgIpc) is 2.61. The SMILES string of the molecule is CC(=O)[C@H]1c2ccc(O)cc2[C@@H]2CCCC[C@@H]2[C@@H]1c1ccc(O)cc1. The topological polar surface area (TPSA) is 57.5 Å². The molecule has 0 aliphatic heterocycles. The van der Waals surface area contributed by atoms with Crippen LogP contribution in [0.4, 0.5) is 0 Å². The fraction of sp³-hybridized carbons (Fsp3) is 0.409. The lowest BCUT2D eigenvalue weighted by Crippen LogP contribution is -2.36. The van der Waals surface area contributed by atoms with Gasteiger partial charge in [-0.3, -0.25) is 4.79 Å². The van der Waals surface area contributed by atoms with Crippen molar-refractivity contribution in [1.82, 2.24) is 0 Å². The standard InChI is InChI=1S/C22H24O3/c1-13(23)21-19-11-10-16(25)12-20(19)17-4-2-3-5-18(17)22(21)14-6-8-15(24)9-7-14/h6-12,17-18,21-22,24-25H,2-5H2,1H3/t17-,18+,21+,22+/m1/s1. The lowest BCUT2D eigenvalue weighted by molar-refractivity contribution is -0.119. The van der Waals surface area contributed by atoms with E-state index in [1.165, 1.54) is 18.4 Å². The molecule has 130 valence electrons. The summed E-state index contributed by atoms with van der Waals surface area (Å²) < 4.78 is 0. The van der Waals surface area contributed by atoms with E-state index in [1.807, 2.05) is 24.3 Å². The molecule has 0 spiro atoms. The maximum absolute atomic E-state index is 12.7. The molecule has 4 atom stereocenters. The third-order valence-corrected chi connectivity index (χ3v) is 6.16. The molecule has 2 N–H and O–H groups in total. The predicted molar refractivity (Wildman–Crippen MR) is 97.1 cm³/mol. The molecule has 2 aromatic rings. The van der Waals surface area contributed by atoms with Crippen LogP contribution in [0.1, 0.15) is 67.1 Å². The van der Waals surface area contributed by atoms with Crippen molar-refractivity contribution in [1.29, 1.82) is 0 Å². The van der Waals surface area contributed by atoms with Crippen LogP contribution in [0.15, 0.2) is 42.5 Å². The highest BCUT2D eigenvalue weighted by molar-refractivity contribution is 5.86. The van der Waals surface area contributed by atoms with E-state index >= 15 is 0 Å².